The van der Waals surface area contributed by atoms with Gasteiger partial charge in [0.05, 0.1) is 17.8 Å². The number of aliphatic hydroxyl groups is 3. The number of carbonyl (C=O) groups is 1. The van der Waals surface area contributed by atoms with E-state index >= 15 is 0 Å². The molecular formula is C29H46O4. The van der Waals surface area contributed by atoms with Crippen molar-refractivity contribution in [2.45, 2.75) is 111 Å². The minimum atomic E-state index is -1.19. The molecule has 0 unspecified atom stereocenters. The maximum Gasteiger partial charge on any atom is 0.162 e. The Balaban J connectivity index is 1.72. The highest BCUT2D eigenvalue weighted by Crippen LogP contribution is 2.66. The van der Waals surface area contributed by atoms with Gasteiger partial charge in [0.1, 0.15) is 0 Å². The van der Waals surface area contributed by atoms with E-state index in [2.05, 4.69) is 53.7 Å². The topological polar surface area (TPSA) is 77.8 Å². The molecule has 0 radical (unpaired) electrons. The van der Waals surface area contributed by atoms with E-state index in [4.69, 9.17) is 0 Å². The van der Waals surface area contributed by atoms with Crippen molar-refractivity contribution < 1.29 is 20.1 Å². The number of ketones is 1. The highest BCUT2D eigenvalue weighted by atomic mass is 16.3. The van der Waals surface area contributed by atoms with Crippen molar-refractivity contribution in [3.05, 3.63) is 23.3 Å². The molecule has 4 heteroatoms. The van der Waals surface area contributed by atoms with Gasteiger partial charge < -0.3 is 15.3 Å². The predicted molar refractivity (Wildman–Crippen MR) is 131 cm³/mol. The standard InChI is InChI=1S/C29H46O4/c1-7-19(17(2)3)9-8-18(4)22-16-24(32)25-26-23(31)15-20-14-21(30)10-11-28(20,6)29(26,33)13-12-27(22,25)5/h8-9,17-22,24,30,32-33H,7,10-16H2,1-6H3/t18-,19-,20-,21+,22-,24+,27-,28+,29-/m1/s1. The van der Waals surface area contributed by atoms with Crippen LogP contribution in [0.15, 0.2) is 23.3 Å². The molecular weight excluding hydrogens is 412 g/mol. The lowest BCUT2D eigenvalue weighted by molar-refractivity contribution is -0.161. The summed E-state index contributed by atoms with van der Waals surface area (Å²) in [5, 5.41) is 33.8. The van der Waals surface area contributed by atoms with Gasteiger partial charge in [0.2, 0.25) is 0 Å². The first kappa shape index (κ1) is 25.1. The molecule has 4 nitrogen and oxygen atoms in total. The maximum absolute atomic E-state index is 13.5. The van der Waals surface area contributed by atoms with Gasteiger partial charge in [-0.2, -0.15) is 0 Å². The molecule has 3 fully saturated rings. The minimum Gasteiger partial charge on any atom is -0.393 e. The molecule has 4 rings (SSSR count). The van der Waals surface area contributed by atoms with Crippen LogP contribution in [-0.4, -0.2) is 38.9 Å². The van der Waals surface area contributed by atoms with Crippen molar-refractivity contribution >= 4 is 5.78 Å². The van der Waals surface area contributed by atoms with Crippen molar-refractivity contribution in [3.8, 4) is 0 Å². The number of Topliss-reactive ketones (excluding diaryl/α,β-unsaturated/α-hetero) is 1. The molecule has 4 aliphatic carbocycles. The van der Waals surface area contributed by atoms with Crippen LogP contribution >= 0.6 is 0 Å². The van der Waals surface area contributed by atoms with Gasteiger partial charge >= 0.3 is 0 Å². The third-order valence-corrected chi connectivity index (χ3v) is 10.7. The van der Waals surface area contributed by atoms with Crippen LogP contribution < -0.4 is 0 Å². The molecule has 9 atom stereocenters. The number of hydrogen-bond acceptors (Lipinski definition) is 4. The Morgan fingerprint density at radius 3 is 2.39 bits per heavy atom. The Bertz CT molecular complexity index is 843. The summed E-state index contributed by atoms with van der Waals surface area (Å²) in [7, 11) is 0. The Morgan fingerprint density at radius 1 is 1.06 bits per heavy atom. The molecule has 186 valence electrons. The van der Waals surface area contributed by atoms with Gasteiger partial charge in [0.15, 0.2) is 5.78 Å². The predicted octanol–water partition coefficient (Wildman–Crippen LogP) is 5.21. The van der Waals surface area contributed by atoms with Crippen LogP contribution in [0.1, 0.15) is 92.9 Å². The summed E-state index contributed by atoms with van der Waals surface area (Å²) in [6.45, 7) is 13.4. The smallest absolute Gasteiger partial charge is 0.162 e. The van der Waals surface area contributed by atoms with E-state index in [1.165, 1.54) is 0 Å². The molecule has 0 bridgehead atoms. The second-order valence-corrected chi connectivity index (χ2v) is 12.7. The Morgan fingerprint density at radius 2 is 1.76 bits per heavy atom. The molecule has 0 heterocycles. The minimum absolute atomic E-state index is 0.00347. The van der Waals surface area contributed by atoms with Crippen LogP contribution in [0.25, 0.3) is 0 Å². The van der Waals surface area contributed by atoms with E-state index in [9.17, 15) is 20.1 Å². The molecule has 3 N–H and O–H groups in total. The molecule has 0 aromatic carbocycles. The molecule has 0 aromatic heterocycles. The van der Waals surface area contributed by atoms with Gasteiger partial charge in [0, 0.05) is 17.4 Å². The van der Waals surface area contributed by atoms with E-state index in [0.717, 1.165) is 24.8 Å². The average molecular weight is 459 g/mol. The van der Waals surface area contributed by atoms with Gasteiger partial charge in [-0.1, -0.05) is 53.7 Å². The number of hydrogen-bond donors (Lipinski definition) is 3. The summed E-state index contributed by atoms with van der Waals surface area (Å²) >= 11 is 0. The molecule has 0 amide bonds. The third-order valence-electron chi connectivity index (χ3n) is 10.7. The molecule has 33 heavy (non-hydrogen) atoms. The molecule has 3 saturated carbocycles. The fraction of sp³-hybridized carbons (Fsp3) is 0.828. The summed E-state index contributed by atoms with van der Waals surface area (Å²) in [5.41, 5.74) is -0.489. The normalized spacial score (nSPS) is 45.2. The van der Waals surface area contributed by atoms with E-state index in [1.54, 1.807) is 0 Å². The van der Waals surface area contributed by atoms with E-state index in [-0.39, 0.29) is 29.1 Å². The highest BCUT2D eigenvalue weighted by molar-refractivity contribution is 6.00. The summed E-state index contributed by atoms with van der Waals surface area (Å²) < 4.78 is 0. The van der Waals surface area contributed by atoms with E-state index in [1.807, 2.05) is 0 Å². The van der Waals surface area contributed by atoms with Crippen molar-refractivity contribution in [3.63, 3.8) is 0 Å². The quantitative estimate of drug-likeness (QED) is 0.494. The fourth-order valence-electron chi connectivity index (χ4n) is 8.34. The molecule has 0 saturated heterocycles. The van der Waals surface area contributed by atoms with Crippen LogP contribution in [0.5, 0.6) is 0 Å². The van der Waals surface area contributed by atoms with E-state index in [0.29, 0.717) is 55.4 Å². The fourth-order valence-corrected chi connectivity index (χ4v) is 8.34. The van der Waals surface area contributed by atoms with Gasteiger partial charge in [-0.05, 0) is 85.5 Å². The third kappa shape index (κ3) is 3.70. The van der Waals surface area contributed by atoms with Gasteiger partial charge in [0.25, 0.3) is 0 Å². The Labute approximate surface area is 200 Å². The number of fused-ring (bicyclic) bond motifs is 4. The van der Waals surface area contributed by atoms with Crippen LogP contribution in [0.2, 0.25) is 0 Å². The summed E-state index contributed by atoms with van der Waals surface area (Å²) in [6, 6.07) is 0. The first-order chi connectivity index (χ1) is 15.4. The number of allylic oxidation sites excluding steroid dienone is 2. The van der Waals surface area contributed by atoms with Crippen molar-refractivity contribution in [1.82, 2.24) is 0 Å². The number of rotatable bonds is 5. The van der Waals surface area contributed by atoms with Crippen LogP contribution in [0, 0.1) is 40.4 Å². The second kappa shape index (κ2) is 8.60. The zero-order valence-electron chi connectivity index (χ0n) is 21.6. The zero-order chi connectivity index (χ0) is 24.3. The first-order valence-electron chi connectivity index (χ1n) is 13.4. The van der Waals surface area contributed by atoms with Gasteiger partial charge in [-0.25, -0.2) is 0 Å². The van der Waals surface area contributed by atoms with Crippen LogP contribution in [0.4, 0.5) is 0 Å². The molecule has 0 aromatic rings. The SMILES string of the molecule is CC[C@H](C=C[C@@H](C)[C@H]1C[C@H](O)C2=C3C(=O)C[C@H]4C[C@@H](O)CC[C@]4(C)[C@@]3(O)CC[C@@]21C)C(C)C. The van der Waals surface area contributed by atoms with Crippen molar-refractivity contribution in [1.29, 1.82) is 0 Å². The lowest BCUT2D eigenvalue weighted by atomic mass is 9.46. The highest BCUT2D eigenvalue weighted by Gasteiger charge is 2.66. The monoisotopic (exact) mass is 458 g/mol. The summed E-state index contributed by atoms with van der Waals surface area (Å²) in [6.07, 6.45) is 9.16. The number of aliphatic hydroxyl groups excluding tert-OH is 2. The second-order valence-electron chi connectivity index (χ2n) is 12.7. The maximum atomic E-state index is 13.5. The molecule has 4 aliphatic rings. The Kier molecular flexibility index (Phi) is 6.55. The first-order valence-corrected chi connectivity index (χ1v) is 13.4. The zero-order valence-corrected chi connectivity index (χ0v) is 21.6. The summed E-state index contributed by atoms with van der Waals surface area (Å²) in [5.74, 6) is 1.72. The Hall–Kier alpha value is -0.970. The van der Waals surface area contributed by atoms with Gasteiger partial charge in [-0.15, -0.1) is 0 Å². The van der Waals surface area contributed by atoms with Crippen LogP contribution in [-0.2, 0) is 4.79 Å². The largest absolute Gasteiger partial charge is 0.393 e. The molecule has 0 aliphatic heterocycles. The lowest BCUT2D eigenvalue weighted by Gasteiger charge is -2.60. The lowest BCUT2D eigenvalue weighted by Crippen LogP contribution is -2.62. The van der Waals surface area contributed by atoms with Crippen molar-refractivity contribution in [2.75, 3.05) is 0 Å². The van der Waals surface area contributed by atoms with Crippen molar-refractivity contribution in [2.24, 2.45) is 40.4 Å². The average Bonchev–Trinajstić information content (AvgIpc) is 3.01. The molecule has 0 spiro atoms. The van der Waals surface area contributed by atoms with Gasteiger partial charge in [-0.3, -0.25) is 4.79 Å². The van der Waals surface area contributed by atoms with E-state index < -0.39 is 17.1 Å². The van der Waals surface area contributed by atoms with Crippen LogP contribution in [0.3, 0.4) is 0 Å². The summed E-state index contributed by atoms with van der Waals surface area (Å²) in [4.78, 5) is 13.5. The number of carbonyl (C=O) groups excluding carboxylic acids is 1.